The molecule has 0 spiro atoms. The fourth-order valence-corrected chi connectivity index (χ4v) is 2.39. The van der Waals surface area contributed by atoms with Gasteiger partial charge in [0, 0.05) is 19.2 Å². The Balaban J connectivity index is 2.74. The number of hydrogen-bond acceptors (Lipinski definition) is 5. The summed E-state index contributed by atoms with van der Waals surface area (Å²) in [5.41, 5.74) is 0.644. The van der Waals surface area contributed by atoms with Crippen molar-refractivity contribution in [2.45, 2.75) is 17.9 Å². The third-order valence-corrected chi connectivity index (χ3v) is 3.97. The highest BCUT2D eigenvalue weighted by molar-refractivity contribution is 7.90. The lowest BCUT2D eigenvalue weighted by Gasteiger charge is -2.10. The van der Waals surface area contributed by atoms with E-state index in [1.807, 2.05) is 4.72 Å². The lowest BCUT2D eigenvalue weighted by molar-refractivity contribution is -0.117. The molecule has 1 aromatic rings. The van der Waals surface area contributed by atoms with Crippen LogP contribution >= 0.6 is 11.6 Å². The number of rotatable bonds is 6. The number of nitrogens with one attached hydrogen (secondary N) is 2. The quantitative estimate of drug-likeness (QED) is 0.666. The van der Waals surface area contributed by atoms with E-state index in [4.69, 9.17) is 11.6 Å². The Hall–Kier alpha value is -1.31. The monoisotopic (exact) mass is 306 g/mol. The van der Waals surface area contributed by atoms with E-state index in [-0.39, 0.29) is 17.3 Å². The van der Waals surface area contributed by atoms with Gasteiger partial charge < -0.3 is 10.4 Å². The highest BCUT2D eigenvalue weighted by Crippen LogP contribution is 2.14. The van der Waals surface area contributed by atoms with Gasteiger partial charge in [-0.25, -0.2) is 13.1 Å². The van der Waals surface area contributed by atoms with Gasteiger partial charge in [0.1, 0.15) is 0 Å². The molecule has 0 aromatic heterocycles. The van der Waals surface area contributed by atoms with Gasteiger partial charge in [-0.2, -0.15) is 0 Å². The number of halogens is 1. The number of aliphatic hydroxyl groups is 1. The van der Waals surface area contributed by atoms with Gasteiger partial charge >= 0.3 is 0 Å². The molecular weight excluding hydrogens is 292 g/mol. The van der Waals surface area contributed by atoms with E-state index in [9.17, 15) is 18.3 Å². The van der Waals surface area contributed by atoms with Gasteiger partial charge in [0.15, 0.2) is 0 Å². The lowest BCUT2D eigenvalue weighted by atomic mass is 10.3. The highest BCUT2D eigenvalue weighted by atomic mass is 35.5. The van der Waals surface area contributed by atoms with Crippen LogP contribution in [-0.4, -0.2) is 38.0 Å². The average Bonchev–Trinajstić information content (AvgIpc) is 2.35. The van der Waals surface area contributed by atoms with Crippen LogP contribution in [0.4, 0.5) is 5.69 Å². The predicted octanol–water partition coefficient (Wildman–Crippen LogP) is 0.523. The van der Waals surface area contributed by atoms with Crippen LogP contribution in [0.1, 0.15) is 6.92 Å². The summed E-state index contributed by atoms with van der Waals surface area (Å²) < 4.78 is 25.2. The van der Waals surface area contributed by atoms with Crippen molar-refractivity contribution >= 4 is 33.2 Å². The molecule has 0 saturated carbocycles. The van der Waals surface area contributed by atoms with Crippen LogP contribution in [0.3, 0.4) is 0 Å². The maximum Gasteiger partial charge on any atom is 0.264 e. The molecular formula is C11H15ClN2O4S. The zero-order valence-electron chi connectivity index (χ0n) is 10.3. The van der Waals surface area contributed by atoms with Crippen LogP contribution in [0.15, 0.2) is 29.2 Å². The second kappa shape index (κ2) is 6.74. The maximum atomic E-state index is 11.7. The van der Waals surface area contributed by atoms with Crippen molar-refractivity contribution in [1.82, 2.24) is 4.72 Å². The Bertz CT molecular complexity index is 530. The first kappa shape index (κ1) is 15.7. The maximum absolute atomic E-state index is 11.7. The molecule has 0 aliphatic heterocycles. The molecule has 1 atom stereocenters. The molecule has 1 amide bonds. The zero-order valence-corrected chi connectivity index (χ0v) is 11.8. The smallest absolute Gasteiger partial charge is 0.264 e. The van der Waals surface area contributed by atoms with Gasteiger partial charge in [-0.15, -0.1) is 11.6 Å². The van der Waals surface area contributed by atoms with Crippen molar-refractivity contribution in [2.75, 3.05) is 17.7 Å². The van der Waals surface area contributed by atoms with Gasteiger partial charge in [-0.3, -0.25) is 4.79 Å². The first-order chi connectivity index (χ1) is 8.85. The Kier molecular flexibility index (Phi) is 5.59. The van der Waals surface area contributed by atoms with Gasteiger partial charge in [-0.05, 0) is 24.3 Å². The number of aliphatic hydroxyl groups excluding tert-OH is 1. The van der Waals surface area contributed by atoms with Crippen LogP contribution in [-0.2, 0) is 14.8 Å². The van der Waals surface area contributed by atoms with E-state index in [0.29, 0.717) is 5.69 Å². The molecule has 0 radical (unpaired) electrons. The Morgan fingerprint density at radius 1 is 1.37 bits per heavy atom. The molecule has 0 saturated heterocycles. The SMILES string of the molecule is CC(=O)NS(=O)(=O)c1ccc(NCC(O)CCl)cc1. The van der Waals surface area contributed by atoms with Gasteiger partial charge in [0.05, 0.1) is 16.9 Å². The topological polar surface area (TPSA) is 95.5 Å². The summed E-state index contributed by atoms with van der Waals surface area (Å²) in [5.74, 6) is -0.533. The lowest BCUT2D eigenvalue weighted by Crippen LogP contribution is -2.28. The van der Waals surface area contributed by atoms with Crippen LogP contribution < -0.4 is 10.0 Å². The zero-order chi connectivity index (χ0) is 14.5. The molecule has 0 aliphatic carbocycles. The summed E-state index contributed by atoms with van der Waals surface area (Å²) in [7, 11) is -3.81. The predicted molar refractivity (Wildman–Crippen MR) is 72.7 cm³/mol. The Morgan fingerprint density at radius 2 is 1.95 bits per heavy atom. The number of hydrogen-bond donors (Lipinski definition) is 3. The summed E-state index contributed by atoms with van der Waals surface area (Å²) in [4.78, 5) is 10.8. The van der Waals surface area contributed by atoms with E-state index in [0.717, 1.165) is 6.92 Å². The number of carbonyl (C=O) groups excluding carboxylic acids is 1. The summed E-state index contributed by atoms with van der Waals surface area (Å²) in [6, 6.07) is 5.80. The summed E-state index contributed by atoms with van der Waals surface area (Å²) in [5, 5.41) is 12.2. The molecule has 1 rings (SSSR count). The van der Waals surface area contributed by atoms with E-state index < -0.39 is 22.0 Å². The second-order valence-corrected chi connectivity index (χ2v) is 5.87. The second-order valence-electron chi connectivity index (χ2n) is 3.88. The third kappa shape index (κ3) is 5.06. The van der Waals surface area contributed by atoms with Crippen molar-refractivity contribution in [3.8, 4) is 0 Å². The Labute approximate surface area is 116 Å². The van der Waals surface area contributed by atoms with E-state index in [2.05, 4.69) is 5.32 Å². The molecule has 106 valence electrons. The highest BCUT2D eigenvalue weighted by Gasteiger charge is 2.14. The minimum atomic E-state index is -3.81. The normalized spacial score (nSPS) is 12.8. The third-order valence-electron chi connectivity index (χ3n) is 2.16. The van der Waals surface area contributed by atoms with Crippen LogP contribution in [0.2, 0.25) is 0 Å². The number of amides is 1. The average molecular weight is 307 g/mol. The minimum absolute atomic E-state index is 0.00820. The largest absolute Gasteiger partial charge is 0.390 e. The molecule has 6 nitrogen and oxygen atoms in total. The molecule has 3 N–H and O–H groups in total. The van der Waals surface area contributed by atoms with E-state index in [1.54, 1.807) is 0 Å². The fraction of sp³-hybridized carbons (Fsp3) is 0.364. The van der Waals surface area contributed by atoms with Crippen LogP contribution in [0, 0.1) is 0 Å². The van der Waals surface area contributed by atoms with Crippen LogP contribution in [0.5, 0.6) is 0 Å². The van der Waals surface area contributed by atoms with Gasteiger partial charge in [-0.1, -0.05) is 0 Å². The van der Waals surface area contributed by atoms with Gasteiger partial charge in [0.25, 0.3) is 10.0 Å². The molecule has 0 heterocycles. The van der Waals surface area contributed by atoms with E-state index in [1.165, 1.54) is 24.3 Å². The van der Waals surface area contributed by atoms with Gasteiger partial charge in [0.2, 0.25) is 5.91 Å². The summed E-state index contributed by atoms with van der Waals surface area (Å²) >= 11 is 5.44. The fourth-order valence-electron chi connectivity index (χ4n) is 1.29. The summed E-state index contributed by atoms with van der Waals surface area (Å²) in [6.07, 6.45) is -0.676. The first-order valence-corrected chi connectivity index (χ1v) is 7.48. The molecule has 8 heteroatoms. The number of anilines is 1. The molecule has 1 aromatic carbocycles. The Morgan fingerprint density at radius 3 is 2.42 bits per heavy atom. The van der Waals surface area contributed by atoms with Crippen molar-refractivity contribution in [3.05, 3.63) is 24.3 Å². The first-order valence-electron chi connectivity index (χ1n) is 5.46. The molecule has 0 aliphatic rings. The van der Waals surface area contributed by atoms with Crippen molar-refractivity contribution in [1.29, 1.82) is 0 Å². The number of benzene rings is 1. The van der Waals surface area contributed by atoms with Crippen LogP contribution in [0.25, 0.3) is 0 Å². The number of carbonyl (C=O) groups is 1. The molecule has 1 unspecified atom stereocenters. The molecule has 0 fully saturated rings. The van der Waals surface area contributed by atoms with Crippen molar-refractivity contribution in [3.63, 3.8) is 0 Å². The summed E-state index contributed by atoms with van der Waals surface area (Å²) in [6.45, 7) is 1.39. The molecule has 19 heavy (non-hydrogen) atoms. The number of alkyl halides is 1. The standard InChI is InChI=1S/C11H15ClN2O4S/c1-8(15)14-19(17,18)11-4-2-9(3-5-11)13-7-10(16)6-12/h2-5,10,13,16H,6-7H2,1H3,(H,14,15). The molecule has 0 bridgehead atoms. The number of sulfonamides is 1. The minimum Gasteiger partial charge on any atom is -0.390 e. The van der Waals surface area contributed by atoms with Crippen molar-refractivity contribution < 1.29 is 18.3 Å². The van der Waals surface area contributed by atoms with E-state index >= 15 is 0 Å². The van der Waals surface area contributed by atoms with Crippen molar-refractivity contribution in [2.24, 2.45) is 0 Å².